The van der Waals surface area contributed by atoms with Crippen LogP contribution in [0.15, 0.2) is 24.3 Å². The molecule has 18 heavy (non-hydrogen) atoms. The molecule has 2 aliphatic rings. The first kappa shape index (κ1) is 12.1. The Balaban J connectivity index is 1.52. The molecule has 0 amide bonds. The Morgan fingerprint density at radius 2 is 2.06 bits per heavy atom. The van der Waals surface area contributed by atoms with E-state index in [4.69, 9.17) is 5.73 Å². The van der Waals surface area contributed by atoms with Crippen molar-refractivity contribution in [3.63, 3.8) is 0 Å². The molecule has 3 atom stereocenters. The van der Waals surface area contributed by atoms with Gasteiger partial charge in [0, 0.05) is 25.2 Å². The van der Waals surface area contributed by atoms with Gasteiger partial charge in [0.2, 0.25) is 0 Å². The lowest BCUT2D eigenvalue weighted by molar-refractivity contribution is 0.206. The molecular weight excluding hydrogens is 227 g/mol. The lowest BCUT2D eigenvalue weighted by atomic mass is 10.0. The molecule has 2 N–H and O–H groups in total. The minimum Gasteiger partial charge on any atom is -0.324 e. The van der Waals surface area contributed by atoms with Crippen molar-refractivity contribution in [2.45, 2.75) is 37.8 Å². The van der Waals surface area contributed by atoms with Crippen LogP contribution in [0.1, 0.15) is 37.3 Å². The molecule has 1 heterocycles. The van der Waals surface area contributed by atoms with Crippen molar-refractivity contribution < 1.29 is 4.39 Å². The van der Waals surface area contributed by atoms with Gasteiger partial charge in [-0.1, -0.05) is 12.1 Å². The van der Waals surface area contributed by atoms with E-state index in [1.165, 1.54) is 37.9 Å². The van der Waals surface area contributed by atoms with Gasteiger partial charge in [-0.15, -0.1) is 0 Å². The van der Waals surface area contributed by atoms with E-state index in [0.29, 0.717) is 0 Å². The predicted octanol–water partition coefficient (Wildman–Crippen LogP) is 2.70. The van der Waals surface area contributed by atoms with Crippen LogP contribution < -0.4 is 5.73 Å². The van der Waals surface area contributed by atoms with Crippen molar-refractivity contribution in [2.24, 2.45) is 11.7 Å². The zero-order chi connectivity index (χ0) is 12.5. The molecular formula is C15H21FN2. The topological polar surface area (TPSA) is 29.3 Å². The van der Waals surface area contributed by atoms with Crippen LogP contribution in [0.2, 0.25) is 0 Å². The van der Waals surface area contributed by atoms with Crippen LogP contribution in [0, 0.1) is 11.7 Å². The number of fused-ring (bicyclic) bond motifs is 2. The summed E-state index contributed by atoms with van der Waals surface area (Å²) in [6.45, 7) is 2.35. The van der Waals surface area contributed by atoms with Gasteiger partial charge in [-0.05, 0) is 49.3 Å². The fourth-order valence-electron chi connectivity index (χ4n) is 3.48. The number of likely N-dealkylation sites (tertiary alicyclic amines) is 1. The first-order valence-corrected chi connectivity index (χ1v) is 6.97. The molecule has 0 aromatic heterocycles. The molecule has 1 saturated heterocycles. The Morgan fingerprint density at radius 3 is 2.67 bits per heavy atom. The number of benzene rings is 1. The number of piperidine rings is 1. The largest absolute Gasteiger partial charge is 0.324 e. The Morgan fingerprint density at radius 1 is 1.28 bits per heavy atom. The predicted molar refractivity (Wildman–Crippen MR) is 70.6 cm³/mol. The molecule has 2 nitrogen and oxygen atoms in total. The summed E-state index contributed by atoms with van der Waals surface area (Å²) < 4.78 is 12.8. The summed E-state index contributed by atoms with van der Waals surface area (Å²) in [5.74, 6) is 0.750. The zero-order valence-electron chi connectivity index (χ0n) is 10.7. The summed E-state index contributed by atoms with van der Waals surface area (Å²) in [4.78, 5) is 2.59. The molecule has 3 rings (SSSR count). The van der Waals surface area contributed by atoms with E-state index < -0.39 is 0 Å². The van der Waals surface area contributed by atoms with Crippen molar-refractivity contribution in [3.8, 4) is 0 Å². The van der Waals surface area contributed by atoms with Crippen LogP contribution >= 0.6 is 0 Å². The average molecular weight is 248 g/mol. The maximum atomic E-state index is 12.8. The number of nitrogens with two attached hydrogens (primary N) is 1. The molecule has 0 radical (unpaired) electrons. The minimum absolute atomic E-state index is 0.0322. The van der Waals surface area contributed by atoms with Crippen molar-refractivity contribution in [3.05, 3.63) is 35.6 Å². The summed E-state index contributed by atoms with van der Waals surface area (Å²) in [6.07, 6.45) is 5.16. The SMILES string of the molecule is NC(CCN1CC2CCC1C2)c1ccc(F)cc1. The lowest BCUT2D eigenvalue weighted by Gasteiger charge is -2.27. The number of halogens is 1. The normalized spacial score (nSPS) is 28.8. The van der Waals surface area contributed by atoms with Gasteiger partial charge in [0.1, 0.15) is 5.82 Å². The third-order valence-electron chi connectivity index (χ3n) is 4.55. The van der Waals surface area contributed by atoms with E-state index in [2.05, 4.69) is 4.90 Å². The average Bonchev–Trinajstić information content (AvgIpc) is 2.99. The van der Waals surface area contributed by atoms with Gasteiger partial charge < -0.3 is 10.6 Å². The summed E-state index contributed by atoms with van der Waals surface area (Å²) >= 11 is 0. The van der Waals surface area contributed by atoms with E-state index in [1.54, 1.807) is 12.1 Å². The van der Waals surface area contributed by atoms with Gasteiger partial charge in [-0.25, -0.2) is 4.39 Å². The molecule has 3 heteroatoms. The van der Waals surface area contributed by atoms with Gasteiger partial charge in [0.15, 0.2) is 0 Å². The fourth-order valence-corrected chi connectivity index (χ4v) is 3.48. The third kappa shape index (κ3) is 2.43. The van der Waals surface area contributed by atoms with Crippen molar-refractivity contribution in [2.75, 3.05) is 13.1 Å². The second-order valence-electron chi connectivity index (χ2n) is 5.77. The van der Waals surface area contributed by atoms with Crippen LogP contribution in [0.5, 0.6) is 0 Å². The van der Waals surface area contributed by atoms with Crippen molar-refractivity contribution >= 4 is 0 Å². The Bertz CT molecular complexity index is 403. The van der Waals surface area contributed by atoms with Crippen LogP contribution in [0.25, 0.3) is 0 Å². The molecule has 1 saturated carbocycles. The summed E-state index contributed by atoms with van der Waals surface area (Å²) in [5.41, 5.74) is 7.21. The Kier molecular flexibility index (Phi) is 3.35. The van der Waals surface area contributed by atoms with E-state index in [-0.39, 0.29) is 11.9 Å². The Labute approximate surface area is 108 Å². The van der Waals surface area contributed by atoms with Gasteiger partial charge in [0.25, 0.3) is 0 Å². The molecule has 1 aliphatic carbocycles. The molecule has 2 bridgehead atoms. The highest BCUT2D eigenvalue weighted by Gasteiger charge is 2.37. The van der Waals surface area contributed by atoms with Crippen molar-refractivity contribution in [1.29, 1.82) is 0 Å². The first-order chi connectivity index (χ1) is 8.72. The Hall–Kier alpha value is -0.930. The van der Waals surface area contributed by atoms with Crippen LogP contribution in [-0.4, -0.2) is 24.0 Å². The zero-order valence-corrected chi connectivity index (χ0v) is 10.7. The second kappa shape index (κ2) is 4.98. The molecule has 1 aromatic carbocycles. The number of hydrogen-bond donors (Lipinski definition) is 1. The highest BCUT2D eigenvalue weighted by atomic mass is 19.1. The quantitative estimate of drug-likeness (QED) is 0.887. The summed E-state index contributed by atoms with van der Waals surface area (Å²) in [7, 11) is 0. The van der Waals surface area contributed by atoms with Crippen molar-refractivity contribution in [1.82, 2.24) is 4.90 Å². The fraction of sp³-hybridized carbons (Fsp3) is 0.600. The van der Waals surface area contributed by atoms with Gasteiger partial charge in [0.05, 0.1) is 0 Å². The van der Waals surface area contributed by atoms with Gasteiger partial charge in [-0.3, -0.25) is 0 Å². The third-order valence-corrected chi connectivity index (χ3v) is 4.55. The first-order valence-electron chi connectivity index (χ1n) is 6.97. The molecule has 1 aliphatic heterocycles. The minimum atomic E-state index is -0.192. The monoisotopic (exact) mass is 248 g/mol. The van der Waals surface area contributed by atoms with Gasteiger partial charge >= 0.3 is 0 Å². The molecule has 3 unspecified atom stereocenters. The van der Waals surface area contributed by atoms with E-state index >= 15 is 0 Å². The van der Waals surface area contributed by atoms with Crippen LogP contribution in [0.4, 0.5) is 4.39 Å². The number of rotatable bonds is 4. The number of nitrogens with zero attached hydrogens (tertiary/aromatic N) is 1. The van der Waals surface area contributed by atoms with Crippen LogP contribution in [-0.2, 0) is 0 Å². The van der Waals surface area contributed by atoms with E-state index in [9.17, 15) is 4.39 Å². The molecule has 0 spiro atoms. The number of hydrogen-bond acceptors (Lipinski definition) is 2. The van der Waals surface area contributed by atoms with Crippen LogP contribution in [0.3, 0.4) is 0 Å². The second-order valence-corrected chi connectivity index (χ2v) is 5.77. The molecule has 2 fully saturated rings. The van der Waals surface area contributed by atoms with E-state index in [0.717, 1.165) is 30.5 Å². The van der Waals surface area contributed by atoms with Gasteiger partial charge in [-0.2, -0.15) is 0 Å². The molecule has 1 aromatic rings. The summed E-state index contributed by atoms with van der Waals surface area (Å²) in [6, 6.07) is 7.44. The standard InChI is InChI=1S/C15H21FN2/c16-13-4-2-12(3-5-13)15(17)7-8-18-10-11-1-6-14(18)9-11/h2-5,11,14-15H,1,6-10,17H2. The summed E-state index contributed by atoms with van der Waals surface area (Å²) in [5, 5.41) is 0. The highest BCUT2D eigenvalue weighted by Crippen LogP contribution is 2.37. The maximum Gasteiger partial charge on any atom is 0.123 e. The highest BCUT2D eigenvalue weighted by molar-refractivity contribution is 5.19. The van der Waals surface area contributed by atoms with E-state index in [1.807, 2.05) is 0 Å². The smallest absolute Gasteiger partial charge is 0.123 e. The lowest BCUT2D eigenvalue weighted by Crippen LogP contribution is -2.34. The maximum absolute atomic E-state index is 12.8. The molecule has 98 valence electrons.